The molecule has 0 heterocycles. The molecule has 0 bridgehead atoms. The monoisotopic (exact) mass is 432 g/mol. The van der Waals surface area contributed by atoms with Crippen molar-refractivity contribution in [1.29, 1.82) is 0 Å². The molecule has 3 rings (SSSR count). The fourth-order valence-corrected chi connectivity index (χ4v) is 5.32. The van der Waals surface area contributed by atoms with Gasteiger partial charge in [-0.3, -0.25) is 4.79 Å². The van der Waals surface area contributed by atoms with Gasteiger partial charge in [0.1, 0.15) is 11.9 Å². The molecule has 6 nitrogen and oxygen atoms in total. The molecule has 1 aromatic carbocycles. The number of carbonyl (C=O) groups is 2. The molecule has 6 heteroatoms. The Bertz CT molecular complexity index is 760. The number of benzene rings is 1. The van der Waals surface area contributed by atoms with Gasteiger partial charge in [0.25, 0.3) is 0 Å². The Morgan fingerprint density at radius 2 is 2.03 bits per heavy atom. The van der Waals surface area contributed by atoms with E-state index in [1.165, 1.54) is 5.56 Å². The largest absolute Gasteiger partial charge is 0.482 e. The summed E-state index contributed by atoms with van der Waals surface area (Å²) >= 11 is 0. The summed E-state index contributed by atoms with van der Waals surface area (Å²) in [6, 6.07) is 5.86. The van der Waals surface area contributed by atoms with Crippen LogP contribution in [0.1, 0.15) is 69.9 Å². The topological polar surface area (TPSA) is 93.1 Å². The van der Waals surface area contributed by atoms with Crippen LogP contribution in [0.3, 0.4) is 0 Å². The zero-order valence-electron chi connectivity index (χ0n) is 18.7. The summed E-state index contributed by atoms with van der Waals surface area (Å²) in [5.41, 5.74) is 2.29. The van der Waals surface area contributed by atoms with Crippen molar-refractivity contribution in [3.8, 4) is 5.75 Å². The van der Waals surface area contributed by atoms with Gasteiger partial charge in [-0.2, -0.15) is 0 Å². The van der Waals surface area contributed by atoms with Crippen LogP contribution in [0.5, 0.6) is 5.75 Å². The molecule has 2 aliphatic carbocycles. The first-order chi connectivity index (χ1) is 14.9. The van der Waals surface area contributed by atoms with Gasteiger partial charge in [-0.05, 0) is 79.9 Å². The first-order valence-corrected chi connectivity index (χ1v) is 11.8. The number of aliphatic hydroxyl groups is 1. The molecule has 1 fully saturated rings. The molecule has 31 heavy (non-hydrogen) atoms. The summed E-state index contributed by atoms with van der Waals surface area (Å²) < 4.78 is 11.5. The van der Waals surface area contributed by atoms with Crippen molar-refractivity contribution in [2.75, 3.05) is 6.61 Å². The van der Waals surface area contributed by atoms with Crippen molar-refractivity contribution in [3.05, 3.63) is 29.3 Å². The lowest BCUT2D eigenvalue weighted by atomic mass is 9.73. The van der Waals surface area contributed by atoms with E-state index >= 15 is 0 Å². The first-order valence-electron chi connectivity index (χ1n) is 11.8. The number of carboxylic acids is 1. The van der Waals surface area contributed by atoms with Gasteiger partial charge in [-0.1, -0.05) is 32.4 Å². The molecular formula is C25H36O6. The summed E-state index contributed by atoms with van der Waals surface area (Å²) in [4.78, 5) is 23.3. The average Bonchev–Trinajstić information content (AvgIpc) is 3.08. The maximum absolute atomic E-state index is 12.4. The third-order valence-electron chi connectivity index (χ3n) is 6.99. The van der Waals surface area contributed by atoms with E-state index in [1.54, 1.807) is 0 Å². The minimum Gasteiger partial charge on any atom is -0.482 e. The Morgan fingerprint density at radius 3 is 2.74 bits per heavy atom. The summed E-state index contributed by atoms with van der Waals surface area (Å²) in [6.07, 6.45) is 6.65. The van der Waals surface area contributed by atoms with Gasteiger partial charge in [0.2, 0.25) is 0 Å². The highest BCUT2D eigenvalue weighted by Gasteiger charge is 2.47. The van der Waals surface area contributed by atoms with E-state index in [4.69, 9.17) is 14.6 Å². The molecule has 2 N–H and O–H groups in total. The fourth-order valence-electron chi connectivity index (χ4n) is 5.32. The van der Waals surface area contributed by atoms with Crippen LogP contribution in [0.2, 0.25) is 0 Å². The lowest BCUT2D eigenvalue weighted by Gasteiger charge is -2.32. The molecule has 0 radical (unpaired) electrons. The number of fused-ring (bicyclic) bond motifs is 2. The molecular weight excluding hydrogens is 396 g/mol. The molecule has 1 saturated carbocycles. The van der Waals surface area contributed by atoms with E-state index in [1.807, 2.05) is 19.1 Å². The van der Waals surface area contributed by atoms with Gasteiger partial charge >= 0.3 is 11.9 Å². The Labute approximate surface area is 184 Å². The van der Waals surface area contributed by atoms with Gasteiger partial charge in [0.05, 0.1) is 6.10 Å². The highest BCUT2D eigenvalue weighted by atomic mass is 16.5. The molecule has 0 spiro atoms. The van der Waals surface area contributed by atoms with Gasteiger partial charge in [0.15, 0.2) is 6.61 Å². The van der Waals surface area contributed by atoms with Crippen molar-refractivity contribution in [2.45, 2.75) is 83.8 Å². The average molecular weight is 433 g/mol. The van der Waals surface area contributed by atoms with Crippen LogP contribution < -0.4 is 4.74 Å². The van der Waals surface area contributed by atoms with Crippen LogP contribution >= 0.6 is 0 Å². The molecule has 0 aromatic heterocycles. The second-order valence-electron chi connectivity index (χ2n) is 9.08. The number of hydrogen-bond acceptors (Lipinski definition) is 5. The number of hydrogen-bond donors (Lipinski definition) is 2. The molecule has 5 atom stereocenters. The van der Waals surface area contributed by atoms with E-state index in [9.17, 15) is 14.7 Å². The molecule has 0 aliphatic heterocycles. The number of aliphatic hydroxyl groups excluding tert-OH is 1. The van der Waals surface area contributed by atoms with Gasteiger partial charge in [-0.25, -0.2) is 4.79 Å². The number of carbonyl (C=O) groups excluding carboxylic acids is 1. The Hall–Kier alpha value is -2.08. The van der Waals surface area contributed by atoms with Crippen molar-refractivity contribution in [1.82, 2.24) is 0 Å². The van der Waals surface area contributed by atoms with Crippen LogP contribution in [0, 0.1) is 17.8 Å². The lowest BCUT2D eigenvalue weighted by Crippen LogP contribution is -2.29. The summed E-state index contributed by atoms with van der Waals surface area (Å²) in [7, 11) is 0. The van der Waals surface area contributed by atoms with Crippen LogP contribution in [-0.2, 0) is 27.2 Å². The second kappa shape index (κ2) is 11.0. The van der Waals surface area contributed by atoms with Gasteiger partial charge < -0.3 is 19.7 Å². The summed E-state index contributed by atoms with van der Waals surface area (Å²) in [5.74, 6) is 0.564. The van der Waals surface area contributed by atoms with E-state index < -0.39 is 5.97 Å². The quantitative estimate of drug-likeness (QED) is 0.510. The van der Waals surface area contributed by atoms with E-state index in [-0.39, 0.29) is 30.7 Å². The van der Waals surface area contributed by atoms with Gasteiger partial charge in [-0.15, -0.1) is 0 Å². The Kier molecular flexibility index (Phi) is 8.35. The third-order valence-corrected chi connectivity index (χ3v) is 6.99. The van der Waals surface area contributed by atoms with E-state index in [0.29, 0.717) is 24.0 Å². The molecule has 2 aliphatic rings. The number of esters is 1. The Morgan fingerprint density at radius 1 is 1.23 bits per heavy atom. The van der Waals surface area contributed by atoms with Gasteiger partial charge in [0, 0.05) is 6.42 Å². The fraction of sp³-hybridized carbons (Fsp3) is 0.680. The van der Waals surface area contributed by atoms with Crippen molar-refractivity contribution in [3.63, 3.8) is 0 Å². The Balaban J connectivity index is 1.76. The smallest absolute Gasteiger partial charge is 0.341 e. The zero-order chi connectivity index (χ0) is 22.4. The van der Waals surface area contributed by atoms with Crippen molar-refractivity contribution in [2.24, 2.45) is 17.8 Å². The SMILES string of the molecule is CCCCC(=O)O[C@@H]1C[C@@H]2Cc3c(cccc3OCC(=O)O)C[C@@H]2[C@H]1CC[C@@H](O)CC. The van der Waals surface area contributed by atoms with Crippen LogP contribution in [0.15, 0.2) is 18.2 Å². The number of unbranched alkanes of at least 4 members (excludes halogenated alkanes) is 1. The van der Waals surface area contributed by atoms with Crippen LogP contribution in [0.25, 0.3) is 0 Å². The number of ether oxygens (including phenoxy) is 2. The maximum atomic E-state index is 12.4. The standard InChI is InChI=1S/C25H36O6/c1-3-5-9-25(29)31-23-14-17-13-21-16(7-6-8-22(21)30-15-24(27)28)12-20(17)19(23)11-10-18(26)4-2/h6-8,17-20,23,26H,3-5,9-15H2,1-2H3,(H,27,28)/t17-,18-,19+,20-,23+/m0/s1. The maximum Gasteiger partial charge on any atom is 0.341 e. The normalized spacial score (nSPS) is 25.4. The third kappa shape index (κ3) is 6.00. The predicted octanol–water partition coefficient (Wildman–Crippen LogP) is 4.15. The highest BCUT2D eigenvalue weighted by Crippen LogP contribution is 2.49. The molecule has 1 aromatic rings. The van der Waals surface area contributed by atoms with Crippen molar-refractivity contribution >= 4 is 11.9 Å². The second-order valence-corrected chi connectivity index (χ2v) is 9.08. The van der Waals surface area contributed by atoms with Crippen molar-refractivity contribution < 1.29 is 29.3 Å². The first kappa shape index (κ1) is 23.6. The molecule has 0 unspecified atom stereocenters. The summed E-state index contributed by atoms with van der Waals surface area (Å²) in [5, 5.41) is 19.1. The zero-order valence-corrected chi connectivity index (χ0v) is 18.7. The molecule has 172 valence electrons. The molecule has 0 saturated heterocycles. The molecule has 0 amide bonds. The van der Waals surface area contributed by atoms with Crippen LogP contribution in [0.4, 0.5) is 0 Å². The minimum atomic E-state index is -0.985. The number of carboxylic acid groups (broad SMARTS) is 1. The van der Waals surface area contributed by atoms with E-state index in [2.05, 4.69) is 13.0 Å². The lowest BCUT2D eigenvalue weighted by molar-refractivity contribution is -0.151. The van der Waals surface area contributed by atoms with E-state index in [0.717, 1.165) is 56.9 Å². The predicted molar refractivity (Wildman–Crippen MR) is 117 cm³/mol. The minimum absolute atomic E-state index is 0.110. The highest BCUT2D eigenvalue weighted by molar-refractivity contribution is 5.69. The van der Waals surface area contributed by atoms with Crippen LogP contribution in [-0.4, -0.2) is 41.0 Å². The number of aliphatic carboxylic acids is 1. The summed E-state index contributed by atoms with van der Waals surface area (Å²) in [6.45, 7) is 3.70. The number of rotatable bonds is 11.